The summed E-state index contributed by atoms with van der Waals surface area (Å²) < 4.78 is 0. The lowest BCUT2D eigenvalue weighted by molar-refractivity contribution is -0.141. The first-order valence-corrected chi connectivity index (χ1v) is 6.73. The van der Waals surface area contributed by atoms with Crippen LogP contribution < -0.4 is 0 Å². The van der Waals surface area contributed by atoms with Crippen molar-refractivity contribution in [2.24, 2.45) is 0 Å². The predicted molar refractivity (Wildman–Crippen MR) is 72.8 cm³/mol. The Balaban J connectivity index is 1.83. The highest BCUT2D eigenvalue weighted by atomic mass is 35.5. The molecule has 2 heterocycles. The van der Waals surface area contributed by atoms with Crippen molar-refractivity contribution in [2.45, 2.75) is 19.6 Å². The quantitative estimate of drug-likeness (QED) is 0.832. The van der Waals surface area contributed by atoms with Crippen LogP contribution in [0.25, 0.3) is 0 Å². The normalized spacial score (nSPS) is 18.4. The van der Waals surface area contributed by atoms with E-state index in [9.17, 15) is 9.90 Å². The maximum absolute atomic E-state index is 11.6. The third-order valence-corrected chi connectivity index (χ3v) is 3.46. The lowest BCUT2D eigenvalue weighted by Gasteiger charge is -2.35. The van der Waals surface area contributed by atoms with E-state index >= 15 is 0 Å². The molecule has 5 nitrogen and oxygen atoms in total. The van der Waals surface area contributed by atoms with Gasteiger partial charge < -0.3 is 10.0 Å². The lowest BCUT2D eigenvalue weighted by atomic mass is 10.2. The molecule has 0 spiro atoms. The average Bonchev–Trinajstić information content (AvgIpc) is 2.41. The van der Waals surface area contributed by atoms with Gasteiger partial charge in [-0.3, -0.25) is 9.69 Å². The van der Waals surface area contributed by atoms with Gasteiger partial charge in [-0.05, 0) is 18.6 Å². The number of carbonyl (C=O) groups excluding carboxylic acids is 1. The second kappa shape index (κ2) is 6.32. The molecule has 1 aliphatic heterocycles. The zero-order chi connectivity index (χ0) is 13.8. The van der Waals surface area contributed by atoms with E-state index < -0.39 is 6.10 Å². The molecule has 1 aromatic heterocycles. The van der Waals surface area contributed by atoms with E-state index in [1.54, 1.807) is 17.2 Å². The van der Waals surface area contributed by atoms with Gasteiger partial charge in [-0.25, -0.2) is 4.98 Å². The second-order valence-electron chi connectivity index (χ2n) is 4.77. The van der Waals surface area contributed by atoms with Crippen LogP contribution >= 0.6 is 11.6 Å². The minimum Gasteiger partial charge on any atom is -0.384 e. The van der Waals surface area contributed by atoms with Crippen LogP contribution in [0.3, 0.4) is 0 Å². The third-order valence-electron chi connectivity index (χ3n) is 3.24. The summed E-state index contributed by atoms with van der Waals surface area (Å²) >= 11 is 5.75. The summed E-state index contributed by atoms with van der Waals surface area (Å²) in [6.45, 7) is 5.24. The van der Waals surface area contributed by atoms with Gasteiger partial charge in [0.05, 0.1) is 0 Å². The smallest absolute Gasteiger partial charge is 0.251 e. The molecule has 1 unspecified atom stereocenters. The number of hydrogen-bond acceptors (Lipinski definition) is 4. The van der Waals surface area contributed by atoms with Gasteiger partial charge in [0.1, 0.15) is 11.3 Å². The maximum Gasteiger partial charge on any atom is 0.251 e. The summed E-state index contributed by atoms with van der Waals surface area (Å²) in [5.74, 6) is -0.187. The van der Waals surface area contributed by atoms with Crippen LogP contribution in [-0.4, -0.2) is 58.1 Å². The van der Waals surface area contributed by atoms with E-state index in [1.807, 2.05) is 6.07 Å². The number of hydrogen-bond donors (Lipinski definition) is 1. The van der Waals surface area contributed by atoms with Gasteiger partial charge in [0.2, 0.25) is 0 Å². The second-order valence-corrected chi connectivity index (χ2v) is 5.15. The number of rotatable bonds is 3. The fourth-order valence-electron chi connectivity index (χ4n) is 2.15. The average molecular weight is 284 g/mol. The summed E-state index contributed by atoms with van der Waals surface area (Å²) in [7, 11) is 0. The number of piperazine rings is 1. The van der Waals surface area contributed by atoms with Gasteiger partial charge in [-0.2, -0.15) is 0 Å². The molecule has 1 aliphatic rings. The van der Waals surface area contributed by atoms with Crippen molar-refractivity contribution >= 4 is 17.5 Å². The lowest BCUT2D eigenvalue weighted by Crippen LogP contribution is -2.50. The van der Waals surface area contributed by atoms with E-state index in [4.69, 9.17) is 11.6 Å². The fraction of sp³-hybridized carbons (Fsp3) is 0.538. The molecule has 104 valence electrons. The number of aliphatic hydroxyl groups is 1. The van der Waals surface area contributed by atoms with Gasteiger partial charge in [-0.15, -0.1) is 0 Å². The van der Waals surface area contributed by atoms with Crippen molar-refractivity contribution in [1.82, 2.24) is 14.8 Å². The molecule has 0 aromatic carbocycles. The minimum absolute atomic E-state index is 0.187. The molecule has 1 fully saturated rings. The fourth-order valence-corrected chi connectivity index (χ4v) is 2.26. The molecule has 0 aliphatic carbocycles. The number of carbonyl (C=O) groups is 1. The molecule has 1 amide bonds. The summed E-state index contributed by atoms with van der Waals surface area (Å²) in [4.78, 5) is 19.7. The molecule has 1 aromatic rings. The van der Waals surface area contributed by atoms with Gasteiger partial charge in [-0.1, -0.05) is 17.7 Å². The first-order valence-electron chi connectivity index (χ1n) is 6.36. The monoisotopic (exact) mass is 283 g/mol. The largest absolute Gasteiger partial charge is 0.384 e. The zero-order valence-electron chi connectivity index (χ0n) is 10.9. The topological polar surface area (TPSA) is 56.7 Å². The number of amides is 1. The highest BCUT2D eigenvalue weighted by molar-refractivity contribution is 6.29. The van der Waals surface area contributed by atoms with E-state index in [0.717, 1.165) is 25.2 Å². The molecule has 0 saturated carbocycles. The van der Waals surface area contributed by atoms with Crippen molar-refractivity contribution in [3.05, 3.63) is 29.0 Å². The minimum atomic E-state index is -0.910. The van der Waals surface area contributed by atoms with Gasteiger partial charge >= 0.3 is 0 Å². The molecule has 0 bridgehead atoms. The van der Waals surface area contributed by atoms with Crippen molar-refractivity contribution in [3.8, 4) is 0 Å². The van der Waals surface area contributed by atoms with Crippen molar-refractivity contribution in [1.29, 1.82) is 0 Å². The summed E-state index contributed by atoms with van der Waals surface area (Å²) in [6.07, 6.45) is 0.863. The number of pyridine rings is 1. The number of nitrogens with zero attached hydrogens (tertiary/aromatic N) is 3. The molecule has 1 N–H and O–H groups in total. The number of aliphatic hydroxyl groups excluding tert-OH is 1. The van der Waals surface area contributed by atoms with Crippen LogP contribution in [0.15, 0.2) is 18.3 Å². The number of aromatic nitrogens is 1. The highest BCUT2D eigenvalue weighted by Gasteiger charge is 2.23. The summed E-state index contributed by atoms with van der Waals surface area (Å²) in [6, 6.07) is 3.74. The van der Waals surface area contributed by atoms with Crippen LogP contribution in [0.1, 0.15) is 12.5 Å². The van der Waals surface area contributed by atoms with Crippen molar-refractivity contribution in [2.75, 3.05) is 26.2 Å². The molecule has 6 heteroatoms. The SMILES string of the molecule is CC(O)C(=O)N1CCN(Cc2ccc(Cl)nc2)CC1. The van der Waals surface area contributed by atoms with E-state index in [0.29, 0.717) is 18.2 Å². The van der Waals surface area contributed by atoms with Crippen molar-refractivity contribution in [3.63, 3.8) is 0 Å². The van der Waals surface area contributed by atoms with Gasteiger partial charge in [0, 0.05) is 38.9 Å². The molecule has 1 atom stereocenters. The van der Waals surface area contributed by atoms with Gasteiger partial charge in [0.15, 0.2) is 0 Å². The van der Waals surface area contributed by atoms with Crippen LogP contribution in [0.4, 0.5) is 0 Å². The predicted octanol–water partition coefficient (Wildman–Crippen LogP) is 0.760. The van der Waals surface area contributed by atoms with Crippen molar-refractivity contribution < 1.29 is 9.90 Å². The first-order chi connectivity index (χ1) is 9.06. The first kappa shape index (κ1) is 14.2. The highest BCUT2D eigenvalue weighted by Crippen LogP contribution is 2.11. The van der Waals surface area contributed by atoms with E-state index in [2.05, 4.69) is 9.88 Å². The Hall–Kier alpha value is -1.17. The molecule has 0 radical (unpaired) electrons. The maximum atomic E-state index is 11.6. The standard InChI is InChI=1S/C13H18ClN3O2/c1-10(18)13(19)17-6-4-16(5-7-17)9-11-2-3-12(14)15-8-11/h2-3,8,10,18H,4-7,9H2,1H3. The molecular formula is C13H18ClN3O2. The van der Waals surface area contributed by atoms with Crippen LogP contribution in [-0.2, 0) is 11.3 Å². The Morgan fingerprint density at radius 1 is 1.42 bits per heavy atom. The Labute approximate surface area is 117 Å². The van der Waals surface area contributed by atoms with Crippen LogP contribution in [0, 0.1) is 0 Å². The molecular weight excluding hydrogens is 266 g/mol. The Morgan fingerprint density at radius 2 is 2.11 bits per heavy atom. The molecule has 1 saturated heterocycles. The van der Waals surface area contributed by atoms with Gasteiger partial charge in [0.25, 0.3) is 5.91 Å². The Kier molecular flexibility index (Phi) is 4.74. The Bertz CT molecular complexity index is 428. The Morgan fingerprint density at radius 3 is 2.63 bits per heavy atom. The van der Waals surface area contributed by atoms with E-state index in [-0.39, 0.29) is 5.91 Å². The summed E-state index contributed by atoms with van der Waals surface area (Å²) in [5.41, 5.74) is 1.11. The van der Waals surface area contributed by atoms with Crippen LogP contribution in [0.5, 0.6) is 0 Å². The third kappa shape index (κ3) is 3.89. The summed E-state index contributed by atoms with van der Waals surface area (Å²) in [5, 5.41) is 9.77. The zero-order valence-corrected chi connectivity index (χ0v) is 11.7. The molecule has 19 heavy (non-hydrogen) atoms. The number of halogens is 1. The van der Waals surface area contributed by atoms with E-state index in [1.165, 1.54) is 6.92 Å². The van der Waals surface area contributed by atoms with Crippen LogP contribution in [0.2, 0.25) is 5.15 Å². The molecule has 2 rings (SSSR count).